The first-order chi connectivity index (χ1) is 14.3. The van der Waals surface area contributed by atoms with E-state index in [1.54, 1.807) is 43.6 Å². The Kier molecular flexibility index (Phi) is 5.18. The Hall–Kier alpha value is -3.38. The third kappa shape index (κ3) is 3.86. The topological polar surface area (TPSA) is 65.4 Å². The van der Waals surface area contributed by atoms with Gasteiger partial charge >= 0.3 is 0 Å². The molecule has 6 heteroatoms. The van der Waals surface area contributed by atoms with Gasteiger partial charge in [-0.05, 0) is 35.2 Å². The van der Waals surface area contributed by atoms with E-state index in [1.807, 2.05) is 42.5 Å². The average Bonchev–Trinajstić information content (AvgIpc) is 2.75. The summed E-state index contributed by atoms with van der Waals surface area (Å²) in [6, 6.07) is 21.9. The van der Waals surface area contributed by atoms with E-state index >= 15 is 0 Å². The second kappa shape index (κ2) is 7.80. The highest BCUT2D eigenvalue weighted by atomic mass is 32.2. The van der Waals surface area contributed by atoms with Crippen LogP contribution in [0.4, 0.5) is 0 Å². The predicted molar refractivity (Wildman–Crippen MR) is 119 cm³/mol. The van der Waals surface area contributed by atoms with Crippen LogP contribution in [-0.2, 0) is 23.5 Å². The minimum Gasteiger partial charge on any atom is -0.489 e. The number of benzene rings is 3. The van der Waals surface area contributed by atoms with Gasteiger partial charge in [0.05, 0.1) is 4.90 Å². The first kappa shape index (κ1) is 19.9. The maximum atomic E-state index is 12.5. The standard InChI is InChI=1S/C24H21NO4S/c1-25-15-22(19-10-6-7-11-20(19)24(25)26)21-14-18(12-13-23(21)30(2,27)28)29-16-17-8-4-3-5-9-17/h3-15H,16H2,1-2H3. The van der Waals surface area contributed by atoms with Crippen molar-refractivity contribution in [1.29, 1.82) is 0 Å². The zero-order chi connectivity index (χ0) is 21.3. The summed E-state index contributed by atoms with van der Waals surface area (Å²) in [5, 5.41) is 1.23. The summed E-state index contributed by atoms with van der Waals surface area (Å²) >= 11 is 0. The molecule has 0 aliphatic carbocycles. The summed E-state index contributed by atoms with van der Waals surface area (Å²) in [7, 11) is -1.84. The summed E-state index contributed by atoms with van der Waals surface area (Å²) in [6.45, 7) is 0.368. The number of hydrogen-bond acceptors (Lipinski definition) is 4. The molecule has 0 N–H and O–H groups in total. The maximum Gasteiger partial charge on any atom is 0.258 e. The molecule has 3 aromatic carbocycles. The molecule has 30 heavy (non-hydrogen) atoms. The minimum absolute atomic E-state index is 0.133. The summed E-state index contributed by atoms with van der Waals surface area (Å²) < 4.78 is 32.4. The molecule has 4 rings (SSSR count). The van der Waals surface area contributed by atoms with Gasteiger partial charge in [-0.1, -0.05) is 48.5 Å². The SMILES string of the molecule is Cn1cc(-c2cc(OCc3ccccc3)ccc2S(C)(=O)=O)c2ccccc2c1=O. The van der Waals surface area contributed by atoms with E-state index in [-0.39, 0.29) is 10.5 Å². The highest BCUT2D eigenvalue weighted by molar-refractivity contribution is 7.90. The lowest BCUT2D eigenvalue weighted by molar-refractivity contribution is 0.306. The first-order valence-corrected chi connectivity index (χ1v) is 11.3. The third-order valence-corrected chi connectivity index (χ3v) is 6.13. The lowest BCUT2D eigenvalue weighted by Crippen LogP contribution is -2.16. The van der Waals surface area contributed by atoms with Crippen LogP contribution in [0.2, 0.25) is 0 Å². The fourth-order valence-corrected chi connectivity index (χ4v) is 4.39. The molecular formula is C24H21NO4S. The molecule has 0 amide bonds. The third-order valence-electron chi connectivity index (χ3n) is 4.98. The number of pyridine rings is 1. The number of ether oxygens (including phenoxy) is 1. The Bertz CT molecular complexity index is 1390. The van der Waals surface area contributed by atoms with Crippen molar-refractivity contribution in [3.8, 4) is 16.9 Å². The molecule has 152 valence electrons. The quantitative estimate of drug-likeness (QED) is 0.487. The van der Waals surface area contributed by atoms with Crippen LogP contribution in [0.25, 0.3) is 21.9 Å². The Morgan fingerprint density at radius 2 is 1.53 bits per heavy atom. The van der Waals surface area contributed by atoms with Gasteiger partial charge in [-0.15, -0.1) is 0 Å². The van der Waals surface area contributed by atoms with Gasteiger partial charge in [0.2, 0.25) is 0 Å². The molecule has 0 atom stereocenters. The Labute approximate surface area is 175 Å². The fraction of sp³-hybridized carbons (Fsp3) is 0.125. The molecule has 5 nitrogen and oxygen atoms in total. The van der Waals surface area contributed by atoms with Gasteiger partial charge in [0.25, 0.3) is 5.56 Å². The zero-order valence-corrected chi connectivity index (χ0v) is 17.5. The average molecular weight is 420 g/mol. The molecule has 4 aromatic rings. The van der Waals surface area contributed by atoms with E-state index < -0.39 is 9.84 Å². The smallest absolute Gasteiger partial charge is 0.258 e. The lowest BCUT2D eigenvalue weighted by atomic mass is 10.0. The van der Waals surface area contributed by atoms with Crippen molar-refractivity contribution >= 4 is 20.6 Å². The van der Waals surface area contributed by atoms with Crippen LogP contribution < -0.4 is 10.3 Å². The minimum atomic E-state index is -3.50. The lowest BCUT2D eigenvalue weighted by Gasteiger charge is -2.15. The Morgan fingerprint density at radius 3 is 2.23 bits per heavy atom. The summed E-state index contributed by atoms with van der Waals surface area (Å²) in [5.74, 6) is 0.555. The Morgan fingerprint density at radius 1 is 0.867 bits per heavy atom. The molecular weight excluding hydrogens is 398 g/mol. The molecule has 0 saturated carbocycles. The van der Waals surface area contributed by atoms with Gasteiger partial charge in [0.1, 0.15) is 12.4 Å². The van der Waals surface area contributed by atoms with Crippen molar-refractivity contribution in [2.24, 2.45) is 7.05 Å². The zero-order valence-electron chi connectivity index (χ0n) is 16.7. The molecule has 0 aliphatic rings. The van der Waals surface area contributed by atoms with Gasteiger partial charge in [0, 0.05) is 36.0 Å². The van der Waals surface area contributed by atoms with E-state index in [2.05, 4.69) is 0 Å². The molecule has 1 aromatic heterocycles. The summed E-state index contributed by atoms with van der Waals surface area (Å²) in [4.78, 5) is 12.7. The summed E-state index contributed by atoms with van der Waals surface area (Å²) in [6.07, 6.45) is 2.86. The number of fused-ring (bicyclic) bond motifs is 1. The number of hydrogen-bond donors (Lipinski definition) is 0. The van der Waals surface area contributed by atoms with E-state index in [0.29, 0.717) is 34.3 Å². The van der Waals surface area contributed by atoms with Gasteiger partial charge in [-0.25, -0.2) is 8.42 Å². The monoisotopic (exact) mass is 419 g/mol. The Balaban J connectivity index is 1.89. The van der Waals surface area contributed by atoms with Gasteiger partial charge < -0.3 is 9.30 Å². The van der Waals surface area contributed by atoms with Gasteiger partial charge in [-0.3, -0.25) is 4.79 Å². The molecule has 0 fully saturated rings. The van der Waals surface area contributed by atoms with Crippen LogP contribution in [0.15, 0.2) is 88.7 Å². The van der Waals surface area contributed by atoms with Crippen LogP contribution >= 0.6 is 0 Å². The van der Waals surface area contributed by atoms with Crippen LogP contribution in [0.5, 0.6) is 5.75 Å². The van der Waals surface area contributed by atoms with E-state index in [4.69, 9.17) is 4.74 Å². The van der Waals surface area contributed by atoms with Crippen LogP contribution in [0.1, 0.15) is 5.56 Å². The molecule has 0 unspecified atom stereocenters. The number of aromatic nitrogens is 1. The van der Waals surface area contributed by atoms with Crippen molar-refractivity contribution < 1.29 is 13.2 Å². The van der Waals surface area contributed by atoms with Crippen molar-refractivity contribution in [3.63, 3.8) is 0 Å². The van der Waals surface area contributed by atoms with Crippen molar-refractivity contribution in [2.45, 2.75) is 11.5 Å². The molecule has 0 spiro atoms. The molecule has 0 radical (unpaired) electrons. The second-order valence-electron chi connectivity index (χ2n) is 7.21. The molecule has 1 heterocycles. The maximum absolute atomic E-state index is 12.5. The van der Waals surface area contributed by atoms with Crippen LogP contribution in [-0.4, -0.2) is 19.2 Å². The summed E-state index contributed by atoms with van der Waals surface area (Å²) in [5.41, 5.74) is 2.05. The van der Waals surface area contributed by atoms with Gasteiger partial charge in [0.15, 0.2) is 9.84 Å². The molecule has 0 aliphatic heterocycles. The van der Waals surface area contributed by atoms with Crippen LogP contribution in [0, 0.1) is 0 Å². The number of aryl methyl sites for hydroxylation is 1. The largest absolute Gasteiger partial charge is 0.489 e. The van der Waals surface area contributed by atoms with E-state index in [9.17, 15) is 13.2 Å². The number of rotatable bonds is 5. The normalized spacial score (nSPS) is 11.5. The fourth-order valence-electron chi connectivity index (χ4n) is 3.50. The molecule has 0 bridgehead atoms. The first-order valence-electron chi connectivity index (χ1n) is 9.44. The highest BCUT2D eigenvalue weighted by Crippen LogP contribution is 2.35. The highest BCUT2D eigenvalue weighted by Gasteiger charge is 2.19. The van der Waals surface area contributed by atoms with Crippen molar-refractivity contribution in [2.75, 3.05) is 6.26 Å². The van der Waals surface area contributed by atoms with Crippen molar-refractivity contribution in [1.82, 2.24) is 4.57 Å². The molecule has 0 saturated heterocycles. The number of nitrogens with zero attached hydrogens (tertiary/aromatic N) is 1. The van der Waals surface area contributed by atoms with E-state index in [1.165, 1.54) is 10.8 Å². The van der Waals surface area contributed by atoms with Crippen molar-refractivity contribution in [3.05, 3.63) is 94.9 Å². The second-order valence-corrected chi connectivity index (χ2v) is 9.19. The number of sulfone groups is 1. The van der Waals surface area contributed by atoms with Crippen LogP contribution in [0.3, 0.4) is 0 Å². The van der Waals surface area contributed by atoms with Gasteiger partial charge in [-0.2, -0.15) is 0 Å². The predicted octanol–water partition coefficient (Wildman–Crippen LogP) is 4.19. The van der Waals surface area contributed by atoms with E-state index in [0.717, 1.165) is 5.56 Å².